The Morgan fingerprint density at radius 1 is 0.643 bits per heavy atom. The van der Waals surface area contributed by atoms with Gasteiger partial charge in [0.25, 0.3) is 0 Å². The van der Waals surface area contributed by atoms with Crippen molar-refractivity contribution in [2.75, 3.05) is 34.0 Å². The number of carbonyl (C=O) groups excluding carboxylic acids is 1. The number of aliphatic hydroxyl groups is 9. The van der Waals surface area contributed by atoms with E-state index in [-0.39, 0.29) is 22.8 Å². The van der Waals surface area contributed by atoms with Gasteiger partial charge in [0, 0.05) is 23.8 Å². The van der Waals surface area contributed by atoms with Gasteiger partial charge in [-0.25, -0.2) is 4.79 Å². The molecule has 15 atom stereocenters. The molecule has 1 aromatic heterocycles. The average molecular weight is 995 g/mol. The van der Waals surface area contributed by atoms with Crippen molar-refractivity contribution >= 4 is 23.0 Å². The van der Waals surface area contributed by atoms with Crippen molar-refractivity contribution in [2.24, 2.45) is 0 Å². The van der Waals surface area contributed by atoms with Crippen molar-refractivity contribution in [3.8, 4) is 57.3 Å². The molecule has 3 fully saturated rings. The summed E-state index contributed by atoms with van der Waals surface area (Å²) in [6, 6.07) is 7.64. The van der Waals surface area contributed by atoms with Gasteiger partial charge in [0.1, 0.15) is 96.2 Å². The van der Waals surface area contributed by atoms with Gasteiger partial charge in [-0.2, -0.15) is 0 Å². The third-order valence-electron chi connectivity index (χ3n) is 11.6. The summed E-state index contributed by atoms with van der Waals surface area (Å²) in [6.45, 7) is -2.77. The molecule has 26 nitrogen and oxygen atoms in total. The number of rotatable bonds is 15. The lowest BCUT2D eigenvalue weighted by atomic mass is 9.96. The van der Waals surface area contributed by atoms with Crippen molar-refractivity contribution in [3.05, 3.63) is 64.3 Å². The molecule has 26 heteroatoms. The van der Waals surface area contributed by atoms with Crippen LogP contribution < -0.4 is 19.6 Å². The molecule has 4 aromatic rings. The SMILES string of the molecule is COc1cc(/C=C/C(=O)OC[C@H]2O[C@@H](O[C@H]3[C@H](O[C@@H]4[C@H](Oc5c(-c6ccc(O)c(O)c6)oc6cc(O)cc(O)c6c5=O)O[C@@H](CO)[C@@H](O)[C@@H]4O)O[C@H](CO)[C@@H](O)[C@@H]3O)[C@H](O)[C@@H](O)[C@@H]2O)cc(OC)c1O. The van der Waals surface area contributed by atoms with Crippen molar-refractivity contribution in [2.45, 2.75) is 92.1 Å². The van der Waals surface area contributed by atoms with E-state index in [2.05, 4.69) is 0 Å². The van der Waals surface area contributed by atoms with Crippen LogP contribution in [0.25, 0.3) is 28.4 Å². The Morgan fingerprint density at radius 3 is 1.81 bits per heavy atom. The summed E-state index contributed by atoms with van der Waals surface area (Å²) in [7, 11) is 2.59. The zero-order chi connectivity index (χ0) is 50.9. The first kappa shape index (κ1) is 51.8. The molecule has 382 valence electrons. The minimum atomic E-state index is -2.18. The highest BCUT2D eigenvalue weighted by Gasteiger charge is 2.55. The molecule has 0 bridgehead atoms. The first-order chi connectivity index (χ1) is 33.3. The van der Waals surface area contributed by atoms with E-state index in [1.165, 1.54) is 32.4 Å². The summed E-state index contributed by atoms with van der Waals surface area (Å²) >= 11 is 0. The lowest BCUT2D eigenvalue weighted by molar-refractivity contribution is -0.389. The van der Waals surface area contributed by atoms with Crippen LogP contribution in [0.15, 0.2) is 57.8 Å². The number of aromatic hydroxyl groups is 5. The first-order valence-corrected chi connectivity index (χ1v) is 21.1. The Kier molecular flexibility index (Phi) is 15.9. The van der Waals surface area contributed by atoms with Gasteiger partial charge in [-0.05, 0) is 42.0 Å². The standard InChI is InChI=1S/C44H50O26/c1-61-22-7-15(8-23(62-2)29(22)52)3-6-27(51)63-14-26-32(55)34(57)37(60)42(67-26)69-40-35(58)30(53)25(13-46)66-44(40)70-41-36(59)31(54)24(12-45)65-43(41)68-39-33(56)28-20(50)10-17(47)11-21(28)64-38(39)16-4-5-18(48)19(49)9-16/h3-11,24-26,30-32,34-37,40-50,52-55,57-60H,12-14H2,1-2H3/b6-3+/t24-,25+,26+,30+,31+,32+,34-,35-,36-,37+,40+,41-,42-,43-,44-/m0/s1. The molecule has 3 aliphatic heterocycles. The number of methoxy groups -OCH3 is 2. The summed E-state index contributed by atoms with van der Waals surface area (Å²) in [4.78, 5) is 26.9. The number of hydrogen-bond donors (Lipinski definition) is 14. The highest BCUT2D eigenvalue weighted by Crippen LogP contribution is 2.41. The lowest BCUT2D eigenvalue weighted by Crippen LogP contribution is -2.67. The van der Waals surface area contributed by atoms with Gasteiger partial charge in [-0.3, -0.25) is 4.79 Å². The van der Waals surface area contributed by atoms with Crippen LogP contribution in [0.4, 0.5) is 0 Å². The lowest BCUT2D eigenvalue weighted by Gasteiger charge is -2.48. The molecule has 0 saturated carbocycles. The van der Waals surface area contributed by atoms with Gasteiger partial charge in [0.05, 0.1) is 27.4 Å². The third-order valence-corrected chi connectivity index (χ3v) is 11.6. The van der Waals surface area contributed by atoms with E-state index >= 15 is 0 Å². The number of fused-ring (bicyclic) bond motifs is 1. The molecule has 3 saturated heterocycles. The van der Waals surface area contributed by atoms with Crippen LogP contribution >= 0.6 is 0 Å². The Morgan fingerprint density at radius 2 is 1.21 bits per heavy atom. The zero-order valence-corrected chi connectivity index (χ0v) is 36.6. The van der Waals surface area contributed by atoms with Crippen molar-refractivity contribution < 1.29 is 123 Å². The maximum atomic E-state index is 14.2. The molecule has 0 spiro atoms. The molecule has 0 unspecified atom stereocenters. The van der Waals surface area contributed by atoms with Gasteiger partial charge in [-0.1, -0.05) is 0 Å². The number of ether oxygens (including phenoxy) is 9. The number of phenols is 5. The van der Waals surface area contributed by atoms with Crippen LogP contribution in [0, 0.1) is 0 Å². The predicted octanol–water partition coefficient (Wildman–Crippen LogP) is -2.90. The molecule has 3 aliphatic rings. The number of esters is 1. The summed E-state index contributed by atoms with van der Waals surface area (Å²) < 4.78 is 56.2. The van der Waals surface area contributed by atoms with Crippen molar-refractivity contribution in [3.63, 3.8) is 0 Å². The molecular formula is C44H50O26. The Hall–Kier alpha value is -6.08. The molecule has 70 heavy (non-hydrogen) atoms. The summed E-state index contributed by atoms with van der Waals surface area (Å²) in [5.41, 5.74) is -1.41. The van der Waals surface area contributed by atoms with Crippen LogP contribution in [0.1, 0.15) is 5.56 Å². The average Bonchev–Trinajstić information content (AvgIpc) is 3.33. The fourth-order valence-electron chi connectivity index (χ4n) is 7.82. The topological polar surface area (TPSA) is 414 Å². The minimum Gasteiger partial charge on any atom is -0.508 e. The molecule has 0 aliphatic carbocycles. The smallest absolute Gasteiger partial charge is 0.330 e. The van der Waals surface area contributed by atoms with Crippen LogP contribution in [-0.2, 0) is 33.2 Å². The van der Waals surface area contributed by atoms with Crippen LogP contribution in [0.5, 0.6) is 46.0 Å². The fourth-order valence-corrected chi connectivity index (χ4v) is 7.82. The maximum Gasteiger partial charge on any atom is 0.330 e. The Labute approximate surface area is 393 Å². The highest BCUT2D eigenvalue weighted by atomic mass is 16.8. The number of hydrogen-bond acceptors (Lipinski definition) is 26. The van der Waals surface area contributed by atoms with Crippen LogP contribution in [0.3, 0.4) is 0 Å². The zero-order valence-electron chi connectivity index (χ0n) is 36.6. The fraction of sp³-hybridized carbons (Fsp3) is 0.455. The van der Waals surface area contributed by atoms with Crippen molar-refractivity contribution in [1.82, 2.24) is 0 Å². The summed E-state index contributed by atoms with van der Waals surface area (Å²) in [6.07, 6.45) is -27.9. The van der Waals surface area contributed by atoms with Gasteiger partial charge in [0.2, 0.25) is 23.2 Å². The minimum absolute atomic E-state index is 0.0258. The molecule has 0 amide bonds. The molecule has 0 radical (unpaired) electrons. The third kappa shape index (κ3) is 10.4. The van der Waals surface area contributed by atoms with Gasteiger partial charge in [-0.15, -0.1) is 0 Å². The van der Waals surface area contributed by atoms with Gasteiger partial charge >= 0.3 is 5.97 Å². The molecule has 3 aromatic carbocycles. The van der Waals surface area contributed by atoms with E-state index in [0.29, 0.717) is 5.56 Å². The summed E-state index contributed by atoms with van der Waals surface area (Å²) in [5, 5.41) is 149. The molecular weight excluding hydrogens is 944 g/mol. The predicted molar refractivity (Wildman–Crippen MR) is 228 cm³/mol. The van der Waals surface area contributed by atoms with Crippen LogP contribution in [-0.4, -0.2) is 204 Å². The quantitative estimate of drug-likeness (QED) is 0.0323. The van der Waals surface area contributed by atoms with E-state index in [4.69, 9.17) is 47.0 Å². The second-order valence-electron chi connectivity index (χ2n) is 16.1. The monoisotopic (exact) mass is 994 g/mol. The summed E-state index contributed by atoms with van der Waals surface area (Å²) in [5.74, 6) is -5.30. The van der Waals surface area contributed by atoms with Crippen LogP contribution in [0.2, 0.25) is 0 Å². The number of aliphatic hydroxyl groups excluding tert-OH is 9. The highest BCUT2D eigenvalue weighted by molar-refractivity contribution is 5.89. The van der Waals surface area contributed by atoms with E-state index in [1.807, 2.05) is 0 Å². The second-order valence-corrected chi connectivity index (χ2v) is 16.1. The second kappa shape index (κ2) is 21.5. The number of phenolic OH excluding ortho intramolecular Hbond substituents is 5. The van der Waals surface area contributed by atoms with Crippen molar-refractivity contribution in [1.29, 1.82) is 0 Å². The van der Waals surface area contributed by atoms with E-state index in [9.17, 15) is 81.1 Å². The Bertz CT molecular complexity index is 2560. The van der Waals surface area contributed by atoms with E-state index in [1.54, 1.807) is 0 Å². The molecule has 14 N–H and O–H groups in total. The molecule has 7 rings (SSSR count). The Balaban J connectivity index is 1.17. The largest absolute Gasteiger partial charge is 0.508 e. The first-order valence-electron chi connectivity index (χ1n) is 21.1. The normalized spacial score (nSPS) is 31.4. The maximum absolute atomic E-state index is 14.2. The molecule has 4 heterocycles. The van der Waals surface area contributed by atoms with E-state index in [0.717, 1.165) is 36.4 Å². The number of carbonyl (C=O) groups is 1. The van der Waals surface area contributed by atoms with E-state index < -0.39 is 169 Å². The van der Waals surface area contributed by atoms with Gasteiger partial charge < -0.3 is 119 Å². The number of benzene rings is 3. The van der Waals surface area contributed by atoms with Gasteiger partial charge in [0.15, 0.2) is 47.4 Å².